The summed E-state index contributed by atoms with van der Waals surface area (Å²) in [6, 6.07) is 60.3. The lowest BCUT2D eigenvalue weighted by atomic mass is 9.57. The van der Waals surface area contributed by atoms with Crippen molar-refractivity contribution in [2.24, 2.45) is 5.92 Å². The van der Waals surface area contributed by atoms with E-state index in [4.69, 9.17) is 4.74 Å². The Labute approximate surface area is 293 Å². The zero-order valence-electron chi connectivity index (χ0n) is 28.0. The van der Waals surface area contributed by atoms with Gasteiger partial charge in [-0.3, -0.25) is 0 Å². The predicted octanol–water partition coefficient (Wildman–Crippen LogP) is 12.3. The number of rotatable bonds is 4. The molecule has 0 radical (unpaired) electrons. The molecule has 0 saturated carbocycles. The summed E-state index contributed by atoms with van der Waals surface area (Å²) in [6.45, 7) is 2.39. The van der Waals surface area contributed by atoms with Gasteiger partial charge in [0.2, 0.25) is 0 Å². The van der Waals surface area contributed by atoms with E-state index in [0.29, 0.717) is 0 Å². The molecule has 1 heterocycles. The van der Waals surface area contributed by atoms with Crippen LogP contribution in [0.5, 0.6) is 11.5 Å². The summed E-state index contributed by atoms with van der Waals surface area (Å²) in [7, 11) is 0. The summed E-state index contributed by atoms with van der Waals surface area (Å²) < 4.78 is 6.82. The molecule has 3 unspecified atom stereocenters. The summed E-state index contributed by atoms with van der Waals surface area (Å²) in [5.74, 6) is 1.95. The van der Waals surface area contributed by atoms with Gasteiger partial charge in [0, 0.05) is 17.0 Å². The number of fused-ring (bicyclic) bond motifs is 7. The van der Waals surface area contributed by atoms with Crippen molar-refractivity contribution < 1.29 is 4.74 Å². The number of ether oxygens (including phenoxy) is 1. The zero-order valence-corrected chi connectivity index (χ0v) is 28.0. The van der Waals surface area contributed by atoms with Gasteiger partial charge in [0.25, 0.3) is 0 Å². The fourth-order valence-corrected chi connectivity index (χ4v) is 9.66. The van der Waals surface area contributed by atoms with Crippen LogP contribution in [0.3, 0.4) is 0 Å². The number of hydrogen-bond donors (Lipinski definition) is 0. The lowest BCUT2D eigenvalue weighted by molar-refractivity contribution is 0.425. The van der Waals surface area contributed by atoms with Gasteiger partial charge in [-0.05, 0) is 80.8 Å². The van der Waals surface area contributed by atoms with Gasteiger partial charge >= 0.3 is 0 Å². The van der Waals surface area contributed by atoms with Gasteiger partial charge in [-0.25, -0.2) is 0 Å². The molecular weight excluding hydrogens is 605 g/mol. The van der Waals surface area contributed by atoms with Crippen molar-refractivity contribution in [3.8, 4) is 22.6 Å². The van der Waals surface area contributed by atoms with Crippen LogP contribution >= 0.6 is 0 Å². The van der Waals surface area contributed by atoms with Crippen LogP contribution < -0.4 is 4.74 Å². The van der Waals surface area contributed by atoms with Crippen molar-refractivity contribution in [1.82, 2.24) is 0 Å². The maximum absolute atomic E-state index is 6.82. The molecule has 0 aromatic heterocycles. The smallest absolute Gasteiger partial charge is 0.132 e. The third-order valence-corrected chi connectivity index (χ3v) is 11.7. The van der Waals surface area contributed by atoms with Crippen LogP contribution in [-0.4, -0.2) is 0 Å². The highest BCUT2D eigenvalue weighted by atomic mass is 16.5. The third-order valence-electron chi connectivity index (χ3n) is 11.7. The second kappa shape index (κ2) is 11.1. The molecule has 0 amide bonds. The van der Waals surface area contributed by atoms with Crippen molar-refractivity contribution in [1.29, 1.82) is 0 Å². The molecule has 0 fully saturated rings. The fourth-order valence-electron chi connectivity index (χ4n) is 9.66. The molecule has 1 heteroatoms. The summed E-state index contributed by atoms with van der Waals surface area (Å²) >= 11 is 0. The highest BCUT2D eigenvalue weighted by molar-refractivity contribution is 6.00. The number of allylic oxidation sites excluding steroid dienone is 4. The van der Waals surface area contributed by atoms with Crippen LogP contribution in [-0.2, 0) is 10.8 Å². The first kappa shape index (κ1) is 29.0. The normalized spacial score (nSPS) is 21.4. The van der Waals surface area contributed by atoms with Crippen LogP contribution in [0.15, 0.2) is 182 Å². The molecule has 0 saturated heterocycles. The van der Waals surface area contributed by atoms with Gasteiger partial charge in [0.05, 0.1) is 10.8 Å². The number of hydrogen-bond acceptors (Lipinski definition) is 1. The Balaban J connectivity index is 1.30. The molecular formula is C49H36O. The zero-order chi connectivity index (χ0) is 33.3. The fraction of sp³-hybridized carbons (Fsp3) is 0.102. The molecule has 0 N–H and O–H groups in total. The molecule has 0 bridgehead atoms. The average Bonchev–Trinajstić information content (AvgIpc) is 3.50. The van der Waals surface area contributed by atoms with E-state index in [-0.39, 0.29) is 5.92 Å². The predicted molar refractivity (Wildman–Crippen MR) is 206 cm³/mol. The van der Waals surface area contributed by atoms with Crippen molar-refractivity contribution >= 4 is 16.3 Å². The first-order chi connectivity index (χ1) is 24.7. The minimum atomic E-state index is -0.441. The Hall–Kier alpha value is -5.92. The van der Waals surface area contributed by atoms with Gasteiger partial charge in [0.1, 0.15) is 11.5 Å². The third kappa shape index (κ3) is 3.89. The van der Waals surface area contributed by atoms with Crippen molar-refractivity contribution in [3.63, 3.8) is 0 Å². The van der Waals surface area contributed by atoms with Gasteiger partial charge in [0.15, 0.2) is 0 Å². The Morgan fingerprint density at radius 3 is 2.02 bits per heavy atom. The Morgan fingerprint density at radius 1 is 0.520 bits per heavy atom. The molecule has 1 nitrogen and oxygen atoms in total. The largest absolute Gasteiger partial charge is 0.457 e. The van der Waals surface area contributed by atoms with Crippen molar-refractivity contribution in [3.05, 3.63) is 221 Å². The van der Waals surface area contributed by atoms with E-state index >= 15 is 0 Å². The first-order valence-electron chi connectivity index (χ1n) is 17.7. The standard InChI is InChI=1S/C49H36O/c1-48(34-18-4-2-5-19-34)43-28-14-15-29-44(43)50-45-30-16-25-39(47(45)48)37-23-10-12-26-41(37)49(35-20-6-3-7-21-35)42-27-13-11-24-38(42)40-32-31-33-17-8-9-22-36(33)46(40)49/h2-25,27-32,41H,26H2,1H3. The maximum atomic E-state index is 6.82. The van der Waals surface area contributed by atoms with Crippen LogP contribution in [0.4, 0.5) is 0 Å². The number of para-hydroxylation sites is 1. The molecule has 7 aromatic carbocycles. The van der Waals surface area contributed by atoms with Gasteiger partial charge in [-0.1, -0.05) is 170 Å². The van der Waals surface area contributed by atoms with Crippen molar-refractivity contribution in [2.75, 3.05) is 0 Å². The van der Waals surface area contributed by atoms with Crippen LogP contribution in [0.2, 0.25) is 0 Å². The molecule has 2 aliphatic carbocycles. The average molecular weight is 641 g/mol. The highest BCUT2D eigenvalue weighted by Gasteiger charge is 2.53. The summed E-state index contributed by atoms with van der Waals surface area (Å²) in [6.07, 6.45) is 7.95. The van der Waals surface area contributed by atoms with Crippen LogP contribution in [0, 0.1) is 5.92 Å². The van der Waals surface area contributed by atoms with E-state index < -0.39 is 10.8 Å². The van der Waals surface area contributed by atoms with E-state index in [9.17, 15) is 0 Å². The molecule has 50 heavy (non-hydrogen) atoms. The first-order valence-corrected chi connectivity index (χ1v) is 17.7. The van der Waals surface area contributed by atoms with Crippen LogP contribution in [0.25, 0.3) is 27.5 Å². The molecule has 238 valence electrons. The summed E-state index contributed by atoms with van der Waals surface area (Å²) in [5.41, 5.74) is 12.2. The molecule has 10 rings (SSSR count). The van der Waals surface area contributed by atoms with Crippen LogP contribution in [0.1, 0.15) is 52.3 Å². The molecule has 0 spiro atoms. The summed E-state index contributed by atoms with van der Waals surface area (Å²) in [4.78, 5) is 0. The number of benzene rings is 7. The van der Waals surface area contributed by atoms with Gasteiger partial charge in [-0.15, -0.1) is 0 Å². The SMILES string of the molecule is CC1(c2ccccc2)c2ccccc2Oc2cccc(C3=CC=CCC3C3(c4ccccc4)c4ccccc4-c4ccc5ccccc5c43)c21. The highest BCUT2D eigenvalue weighted by Crippen LogP contribution is 2.63. The molecule has 7 aromatic rings. The Bertz CT molecular complexity index is 2510. The van der Waals surface area contributed by atoms with E-state index in [0.717, 1.165) is 17.9 Å². The van der Waals surface area contributed by atoms with E-state index in [2.05, 4.69) is 189 Å². The quantitative estimate of drug-likeness (QED) is 0.186. The lowest BCUT2D eigenvalue weighted by Gasteiger charge is -2.45. The van der Waals surface area contributed by atoms with E-state index in [1.807, 2.05) is 0 Å². The van der Waals surface area contributed by atoms with Crippen molar-refractivity contribution in [2.45, 2.75) is 24.2 Å². The van der Waals surface area contributed by atoms with Gasteiger partial charge < -0.3 is 4.74 Å². The summed E-state index contributed by atoms with van der Waals surface area (Å²) in [5, 5.41) is 2.59. The van der Waals surface area contributed by atoms with Gasteiger partial charge in [-0.2, -0.15) is 0 Å². The van der Waals surface area contributed by atoms with E-state index in [1.54, 1.807) is 0 Å². The van der Waals surface area contributed by atoms with E-state index in [1.165, 1.54) is 66.4 Å². The Morgan fingerprint density at radius 2 is 1.18 bits per heavy atom. The maximum Gasteiger partial charge on any atom is 0.132 e. The molecule has 3 atom stereocenters. The minimum Gasteiger partial charge on any atom is -0.457 e. The molecule has 1 aliphatic heterocycles. The second-order valence-electron chi connectivity index (χ2n) is 14.0. The Kier molecular flexibility index (Phi) is 6.42. The topological polar surface area (TPSA) is 9.23 Å². The lowest BCUT2D eigenvalue weighted by Crippen LogP contribution is -2.38. The second-order valence-corrected chi connectivity index (χ2v) is 14.0. The monoisotopic (exact) mass is 640 g/mol. The minimum absolute atomic E-state index is 0.104. The molecule has 3 aliphatic rings.